The lowest BCUT2D eigenvalue weighted by Gasteiger charge is -2.41. The van der Waals surface area contributed by atoms with Crippen molar-refractivity contribution >= 4 is 37.2 Å². The van der Waals surface area contributed by atoms with Crippen molar-refractivity contribution in [3.63, 3.8) is 0 Å². The van der Waals surface area contributed by atoms with Crippen LogP contribution >= 0.6 is 9.24 Å². The molecule has 1 unspecified atom stereocenters. The molecule has 46 heavy (non-hydrogen) atoms. The molecule has 1 fully saturated rings. The van der Waals surface area contributed by atoms with E-state index in [0.29, 0.717) is 61.5 Å². The molecule has 5 heterocycles. The summed E-state index contributed by atoms with van der Waals surface area (Å²) in [5, 5.41) is 10.4. The lowest BCUT2D eigenvalue weighted by molar-refractivity contribution is -0.131. The number of pyridine rings is 2. The molecule has 1 saturated heterocycles. The van der Waals surface area contributed by atoms with Crippen LogP contribution in [0.5, 0.6) is 5.75 Å². The first-order valence-corrected chi connectivity index (χ1v) is 15.4. The predicted molar refractivity (Wildman–Crippen MR) is 174 cm³/mol. The number of rotatable bonds is 5. The van der Waals surface area contributed by atoms with Crippen LogP contribution in [-0.4, -0.2) is 56.0 Å². The summed E-state index contributed by atoms with van der Waals surface area (Å²) < 4.78 is 37.6. The first kappa shape index (κ1) is 31.2. The number of nitrogens with zero attached hydrogens (tertiary/aromatic N) is 7. The van der Waals surface area contributed by atoms with Gasteiger partial charge in [-0.3, -0.25) is 19.3 Å². The number of fused-ring (bicyclic) bond motifs is 5. The van der Waals surface area contributed by atoms with Crippen LogP contribution in [0.1, 0.15) is 48.7 Å². The first-order valence-electron chi connectivity index (χ1n) is 14.8. The molecule has 6 rings (SSSR count). The quantitative estimate of drug-likeness (QED) is 0.230. The van der Waals surface area contributed by atoms with Crippen molar-refractivity contribution in [2.24, 2.45) is 0 Å². The van der Waals surface area contributed by atoms with E-state index in [1.165, 1.54) is 15.7 Å². The molecule has 3 aromatic heterocycles. The molecule has 13 heteroatoms. The Morgan fingerprint density at radius 3 is 2.70 bits per heavy atom. The Labute approximate surface area is 266 Å². The van der Waals surface area contributed by atoms with Crippen LogP contribution in [0.4, 0.5) is 14.6 Å². The summed E-state index contributed by atoms with van der Waals surface area (Å²) in [5.74, 6) is -1.85. The van der Waals surface area contributed by atoms with Crippen LogP contribution in [0.15, 0.2) is 41.7 Å². The van der Waals surface area contributed by atoms with Gasteiger partial charge in [0.1, 0.15) is 23.8 Å². The van der Waals surface area contributed by atoms with Gasteiger partial charge in [0.15, 0.2) is 11.6 Å². The number of halogens is 2. The van der Waals surface area contributed by atoms with Gasteiger partial charge in [-0.25, -0.2) is 13.6 Å². The standard InChI is InChI=1S/C33H32F2N7O3P/c1-16(2)27-28(17(3)7-9-37-27)42-29-21(12-18(4)24-25-22(15-45-30(24)29)38-13-23(46)26(25)35)31(39-33(42)44)40-10-11-41(32(43)19(5)34)20(14-40)6-8-36/h7,9,12-13,16,20H,5-6,10-11,14-15,46H2,1-4H3/t20-/m0/s1. The highest BCUT2D eigenvalue weighted by molar-refractivity contribution is 7.27. The predicted octanol–water partition coefficient (Wildman–Crippen LogP) is 4.53. The van der Waals surface area contributed by atoms with Crippen LogP contribution in [0, 0.1) is 31.0 Å². The fourth-order valence-corrected chi connectivity index (χ4v) is 6.66. The largest absolute Gasteiger partial charge is 0.484 e. The summed E-state index contributed by atoms with van der Waals surface area (Å²) in [5.41, 5.74) is 3.72. The maximum atomic E-state index is 15.8. The number of hydrogen-bond donors (Lipinski definition) is 0. The molecule has 0 aliphatic carbocycles. The van der Waals surface area contributed by atoms with Crippen molar-refractivity contribution in [3.05, 3.63) is 75.7 Å². The van der Waals surface area contributed by atoms with Gasteiger partial charge >= 0.3 is 5.69 Å². The Morgan fingerprint density at radius 2 is 2.00 bits per heavy atom. The molecule has 2 atom stereocenters. The van der Waals surface area contributed by atoms with Crippen LogP contribution in [-0.2, 0) is 11.4 Å². The molecule has 1 aromatic carbocycles. The van der Waals surface area contributed by atoms with Gasteiger partial charge in [0, 0.05) is 53.8 Å². The maximum absolute atomic E-state index is 15.8. The van der Waals surface area contributed by atoms with Crippen LogP contribution < -0.4 is 20.6 Å². The minimum absolute atomic E-state index is 0.0180. The van der Waals surface area contributed by atoms with Crippen LogP contribution in [0.2, 0.25) is 0 Å². The lowest BCUT2D eigenvalue weighted by atomic mass is 9.93. The average molecular weight is 644 g/mol. The molecule has 2 aliphatic heterocycles. The summed E-state index contributed by atoms with van der Waals surface area (Å²) >= 11 is 0. The SMILES string of the molecule is C=C(F)C(=O)N1CCN(c2nc(=O)n(-c3c(C)ccnc3C(C)C)c3c4c(c(C)cc23)-c2c(ncc(P)c2F)CO4)C[C@@H]1CC#N. The molecule has 0 N–H and O–H groups in total. The molecular weight excluding hydrogens is 611 g/mol. The lowest BCUT2D eigenvalue weighted by Crippen LogP contribution is -2.55. The second-order valence-corrected chi connectivity index (χ2v) is 12.5. The molecule has 0 spiro atoms. The zero-order chi connectivity index (χ0) is 33.0. The van der Waals surface area contributed by atoms with E-state index >= 15 is 4.39 Å². The Kier molecular flexibility index (Phi) is 8.07. The van der Waals surface area contributed by atoms with E-state index in [9.17, 15) is 19.2 Å². The van der Waals surface area contributed by atoms with Crippen molar-refractivity contribution < 1.29 is 18.3 Å². The van der Waals surface area contributed by atoms with Crippen LogP contribution in [0.25, 0.3) is 27.7 Å². The van der Waals surface area contributed by atoms with Crippen molar-refractivity contribution in [2.75, 3.05) is 24.5 Å². The van der Waals surface area contributed by atoms with E-state index in [4.69, 9.17) is 4.74 Å². The number of anilines is 1. The van der Waals surface area contributed by atoms with E-state index < -0.39 is 29.3 Å². The molecular formula is C33H32F2N7O3P. The number of aryl methyl sites for hydroxylation is 2. The minimum Gasteiger partial charge on any atom is -0.484 e. The smallest absolute Gasteiger partial charge is 0.354 e. The van der Waals surface area contributed by atoms with Crippen molar-refractivity contribution in [1.29, 1.82) is 5.26 Å². The fraction of sp³-hybridized carbons (Fsp3) is 0.333. The zero-order valence-electron chi connectivity index (χ0n) is 25.9. The number of aromatic nitrogens is 4. The normalized spacial score (nSPS) is 15.8. The van der Waals surface area contributed by atoms with Crippen molar-refractivity contribution in [2.45, 2.75) is 52.7 Å². The molecule has 10 nitrogen and oxygen atoms in total. The third-order valence-corrected chi connectivity index (χ3v) is 8.96. The Morgan fingerprint density at radius 1 is 1.24 bits per heavy atom. The average Bonchev–Trinajstić information content (AvgIpc) is 3.02. The van der Waals surface area contributed by atoms with Crippen LogP contribution in [0.3, 0.4) is 0 Å². The summed E-state index contributed by atoms with van der Waals surface area (Å²) in [6.07, 6.45) is 3.07. The van der Waals surface area contributed by atoms with E-state index in [2.05, 4.69) is 36.8 Å². The van der Waals surface area contributed by atoms with Gasteiger partial charge in [0.05, 0.1) is 35.6 Å². The molecule has 236 valence electrons. The second-order valence-electron chi connectivity index (χ2n) is 11.9. The number of nitriles is 1. The Hall–Kier alpha value is -4.75. The van der Waals surface area contributed by atoms with E-state index in [-0.39, 0.29) is 38.6 Å². The number of ether oxygens (including phenoxy) is 1. The van der Waals surface area contributed by atoms with Gasteiger partial charge in [-0.2, -0.15) is 10.2 Å². The van der Waals surface area contributed by atoms with Gasteiger partial charge in [0.25, 0.3) is 5.91 Å². The zero-order valence-corrected chi connectivity index (χ0v) is 27.0. The topological polar surface area (TPSA) is 117 Å². The van der Waals surface area contributed by atoms with Gasteiger partial charge < -0.3 is 14.5 Å². The number of amides is 1. The van der Waals surface area contributed by atoms with E-state index in [1.54, 1.807) is 6.20 Å². The summed E-state index contributed by atoms with van der Waals surface area (Å²) in [4.78, 5) is 43.6. The van der Waals surface area contributed by atoms with Gasteiger partial charge in [0.2, 0.25) is 0 Å². The second kappa shape index (κ2) is 11.9. The Bertz CT molecular complexity index is 2060. The molecule has 4 aromatic rings. The summed E-state index contributed by atoms with van der Waals surface area (Å²) in [7, 11) is 2.37. The summed E-state index contributed by atoms with van der Waals surface area (Å²) in [6, 6.07) is 5.07. The van der Waals surface area contributed by atoms with Gasteiger partial charge in [-0.15, -0.1) is 9.24 Å². The fourth-order valence-electron chi connectivity index (χ4n) is 6.44. The number of hydrogen-bond acceptors (Lipinski definition) is 8. The molecule has 2 aliphatic rings. The first-order chi connectivity index (χ1) is 21.9. The van der Waals surface area contributed by atoms with Gasteiger partial charge in [-0.1, -0.05) is 20.4 Å². The number of carbonyl (C=O) groups excluding carboxylic acids is 1. The molecule has 0 saturated carbocycles. The Balaban J connectivity index is 1.67. The third kappa shape index (κ3) is 4.99. The third-order valence-electron chi connectivity index (χ3n) is 8.56. The van der Waals surface area contributed by atoms with E-state index in [0.717, 1.165) is 5.56 Å². The highest BCUT2D eigenvalue weighted by atomic mass is 31.0. The molecule has 1 amide bonds. The van der Waals surface area contributed by atoms with Crippen molar-refractivity contribution in [3.8, 4) is 28.6 Å². The highest BCUT2D eigenvalue weighted by Crippen LogP contribution is 2.47. The molecule has 0 radical (unpaired) electrons. The van der Waals surface area contributed by atoms with Gasteiger partial charge in [-0.05, 0) is 43.0 Å². The molecule has 0 bridgehead atoms. The van der Waals surface area contributed by atoms with Crippen molar-refractivity contribution in [1.82, 2.24) is 24.4 Å². The number of piperazine rings is 1. The number of benzene rings is 1. The monoisotopic (exact) mass is 643 g/mol. The number of carbonyl (C=O) groups is 1. The minimum atomic E-state index is -1.11. The van der Waals surface area contributed by atoms with E-state index in [1.807, 2.05) is 44.7 Å². The maximum Gasteiger partial charge on any atom is 0.354 e. The highest BCUT2D eigenvalue weighted by Gasteiger charge is 2.35. The summed E-state index contributed by atoms with van der Waals surface area (Å²) in [6.45, 7) is 11.2.